The minimum atomic E-state index is -4.83. The second kappa shape index (κ2) is 13.3. The zero-order valence-electron chi connectivity index (χ0n) is 20.7. The third-order valence-corrected chi connectivity index (χ3v) is 7.92. The first-order valence-corrected chi connectivity index (χ1v) is 13.9. The molecule has 0 amide bonds. The average Bonchev–Trinajstić information content (AvgIpc) is 2.89. The highest BCUT2D eigenvalue weighted by atomic mass is 32.2. The number of para-hydroxylation sites is 1. The van der Waals surface area contributed by atoms with Crippen LogP contribution in [0.3, 0.4) is 0 Å². The summed E-state index contributed by atoms with van der Waals surface area (Å²) >= 11 is 0. The second-order valence-electron chi connectivity index (χ2n) is 9.27. The summed E-state index contributed by atoms with van der Waals surface area (Å²) in [6, 6.07) is 11.9. The number of alkyl halides is 3. The number of hydrogen-bond acceptors (Lipinski definition) is 8. The summed E-state index contributed by atoms with van der Waals surface area (Å²) in [6.45, 7) is 2.07. The number of aromatic nitrogens is 2. The fourth-order valence-electron chi connectivity index (χ4n) is 4.49. The Bertz CT molecular complexity index is 1310. The van der Waals surface area contributed by atoms with Gasteiger partial charge in [0.25, 0.3) is 0 Å². The topological polar surface area (TPSA) is 131 Å². The number of hydrogen-bond donors (Lipinski definition) is 4. The highest BCUT2D eigenvalue weighted by molar-refractivity contribution is 7.89. The number of fused-ring (bicyclic) bond motifs is 1. The van der Waals surface area contributed by atoms with Crippen molar-refractivity contribution in [2.45, 2.75) is 44.4 Å². The van der Waals surface area contributed by atoms with E-state index in [-0.39, 0.29) is 24.8 Å². The lowest BCUT2D eigenvalue weighted by atomic mass is 9.82. The SMILES string of the molecule is C.NCCNc1nc(NCC2CCC(CNS(=O)(=O)c3ccc(OC(F)(F)F)cc3)CC2)nc2ccccc12. The molecule has 214 valence electrons. The van der Waals surface area contributed by atoms with Crippen LogP contribution in [0, 0.1) is 11.8 Å². The predicted molar refractivity (Wildman–Crippen MR) is 146 cm³/mol. The lowest BCUT2D eigenvalue weighted by Crippen LogP contribution is -2.32. The first-order valence-electron chi connectivity index (χ1n) is 12.4. The largest absolute Gasteiger partial charge is 0.573 e. The number of nitrogens with one attached hydrogen (secondary N) is 3. The van der Waals surface area contributed by atoms with Crippen molar-refractivity contribution in [3.05, 3.63) is 48.5 Å². The number of sulfonamides is 1. The van der Waals surface area contributed by atoms with Crippen molar-refractivity contribution in [2.24, 2.45) is 17.6 Å². The minimum absolute atomic E-state index is 0. The summed E-state index contributed by atoms with van der Waals surface area (Å²) in [5.74, 6) is 1.39. The van der Waals surface area contributed by atoms with Crippen LogP contribution in [0.15, 0.2) is 53.4 Å². The molecule has 9 nitrogen and oxygen atoms in total. The summed E-state index contributed by atoms with van der Waals surface area (Å²) < 4.78 is 68.4. The average molecular weight is 569 g/mol. The van der Waals surface area contributed by atoms with Gasteiger partial charge in [0.2, 0.25) is 16.0 Å². The highest BCUT2D eigenvalue weighted by Crippen LogP contribution is 2.30. The van der Waals surface area contributed by atoms with Crippen molar-refractivity contribution in [2.75, 3.05) is 36.8 Å². The number of nitrogens with zero attached hydrogens (tertiary/aromatic N) is 2. The van der Waals surface area contributed by atoms with Crippen molar-refractivity contribution in [3.63, 3.8) is 0 Å². The van der Waals surface area contributed by atoms with E-state index in [1.807, 2.05) is 24.3 Å². The van der Waals surface area contributed by atoms with Crippen LogP contribution in [0.1, 0.15) is 33.1 Å². The van der Waals surface area contributed by atoms with Gasteiger partial charge >= 0.3 is 6.36 Å². The van der Waals surface area contributed by atoms with Gasteiger partial charge in [0, 0.05) is 31.6 Å². The van der Waals surface area contributed by atoms with E-state index in [1.54, 1.807) is 0 Å². The second-order valence-corrected chi connectivity index (χ2v) is 11.0. The third-order valence-electron chi connectivity index (χ3n) is 6.48. The molecule has 0 spiro atoms. The minimum Gasteiger partial charge on any atom is -0.406 e. The van der Waals surface area contributed by atoms with Crippen molar-refractivity contribution in [3.8, 4) is 5.75 Å². The molecule has 1 aliphatic rings. The van der Waals surface area contributed by atoms with Crippen LogP contribution >= 0.6 is 0 Å². The fourth-order valence-corrected chi connectivity index (χ4v) is 5.60. The Morgan fingerprint density at radius 3 is 2.21 bits per heavy atom. The zero-order valence-corrected chi connectivity index (χ0v) is 21.5. The van der Waals surface area contributed by atoms with E-state index in [2.05, 4.69) is 30.1 Å². The molecule has 0 atom stereocenters. The van der Waals surface area contributed by atoms with Crippen molar-refractivity contribution >= 4 is 32.7 Å². The predicted octanol–water partition coefficient (Wildman–Crippen LogP) is 4.73. The number of ether oxygens (including phenoxy) is 1. The van der Waals surface area contributed by atoms with E-state index in [1.165, 1.54) is 0 Å². The Balaban J connectivity index is 0.00000420. The van der Waals surface area contributed by atoms with E-state index < -0.39 is 22.1 Å². The maximum absolute atomic E-state index is 12.6. The van der Waals surface area contributed by atoms with Gasteiger partial charge in [-0.1, -0.05) is 19.6 Å². The van der Waals surface area contributed by atoms with Crippen LogP contribution in [0.5, 0.6) is 5.75 Å². The highest BCUT2D eigenvalue weighted by Gasteiger charge is 2.31. The smallest absolute Gasteiger partial charge is 0.406 e. The van der Waals surface area contributed by atoms with Gasteiger partial charge in [0.15, 0.2) is 0 Å². The summed E-state index contributed by atoms with van der Waals surface area (Å²) in [5.41, 5.74) is 6.46. The van der Waals surface area contributed by atoms with Crippen molar-refractivity contribution in [1.29, 1.82) is 0 Å². The van der Waals surface area contributed by atoms with Gasteiger partial charge in [-0.05, 0) is 73.9 Å². The van der Waals surface area contributed by atoms with Crippen molar-refractivity contribution < 1.29 is 26.3 Å². The molecular formula is C26H35F3N6O3S. The lowest BCUT2D eigenvalue weighted by molar-refractivity contribution is -0.274. The normalized spacial score (nSPS) is 17.8. The van der Waals surface area contributed by atoms with E-state index in [0.717, 1.165) is 66.7 Å². The Labute approximate surface area is 226 Å². The molecule has 2 aromatic carbocycles. The van der Waals surface area contributed by atoms with Crippen LogP contribution in [-0.4, -0.2) is 50.9 Å². The number of anilines is 2. The molecule has 3 aromatic rings. The van der Waals surface area contributed by atoms with Gasteiger partial charge in [-0.25, -0.2) is 18.1 Å². The molecule has 0 radical (unpaired) electrons. The standard InChI is InChI=1S/C25H31F3N6O3S.CH4/c26-25(27,28)37-19-9-11-20(12-10-19)38(35,36)32-16-18-7-5-17(6-8-18)15-31-24-33-22-4-2-1-3-21(22)23(34-24)30-14-13-29;/h1-4,9-12,17-18,32H,5-8,13-16,29H2,(H2,30,31,33,34);1H4. The van der Waals surface area contributed by atoms with Gasteiger partial charge < -0.3 is 21.1 Å². The molecule has 4 rings (SSSR count). The van der Waals surface area contributed by atoms with Gasteiger partial charge in [-0.2, -0.15) is 4.98 Å². The molecule has 0 unspecified atom stereocenters. The summed E-state index contributed by atoms with van der Waals surface area (Å²) in [6.07, 6.45) is -1.27. The Hall–Kier alpha value is -3.16. The summed E-state index contributed by atoms with van der Waals surface area (Å²) in [7, 11) is -3.84. The molecule has 0 aliphatic heterocycles. The summed E-state index contributed by atoms with van der Waals surface area (Å²) in [4.78, 5) is 9.12. The Morgan fingerprint density at radius 2 is 1.56 bits per heavy atom. The third kappa shape index (κ3) is 8.67. The molecule has 1 heterocycles. The van der Waals surface area contributed by atoms with Gasteiger partial charge in [-0.15, -0.1) is 13.2 Å². The molecule has 1 fully saturated rings. The lowest BCUT2D eigenvalue weighted by Gasteiger charge is -2.28. The molecule has 39 heavy (non-hydrogen) atoms. The molecule has 1 aromatic heterocycles. The van der Waals surface area contributed by atoms with Gasteiger partial charge in [0.1, 0.15) is 11.6 Å². The van der Waals surface area contributed by atoms with Gasteiger partial charge in [-0.3, -0.25) is 0 Å². The first kappa shape index (κ1) is 30.4. The fraction of sp³-hybridized carbons (Fsp3) is 0.462. The maximum atomic E-state index is 12.6. The molecule has 13 heteroatoms. The van der Waals surface area contributed by atoms with Crippen LogP contribution in [-0.2, 0) is 10.0 Å². The molecule has 0 saturated heterocycles. The number of halogens is 3. The van der Waals surface area contributed by atoms with Crippen molar-refractivity contribution in [1.82, 2.24) is 14.7 Å². The molecular weight excluding hydrogens is 533 g/mol. The van der Waals surface area contributed by atoms with Crippen LogP contribution < -0.4 is 25.8 Å². The monoisotopic (exact) mass is 568 g/mol. The van der Waals surface area contributed by atoms with E-state index >= 15 is 0 Å². The quantitative estimate of drug-likeness (QED) is 0.261. The van der Waals surface area contributed by atoms with Crippen LogP contribution in [0.4, 0.5) is 24.9 Å². The summed E-state index contributed by atoms with van der Waals surface area (Å²) in [5, 5.41) is 7.53. The maximum Gasteiger partial charge on any atom is 0.573 e. The van der Waals surface area contributed by atoms with Crippen LogP contribution in [0.2, 0.25) is 0 Å². The number of rotatable bonds is 11. The molecule has 1 aliphatic carbocycles. The Morgan fingerprint density at radius 1 is 0.923 bits per heavy atom. The van der Waals surface area contributed by atoms with Gasteiger partial charge in [0.05, 0.1) is 10.4 Å². The first-order chi connectivity index (χ1) is 18.1. The van der Waals surface area contributed by atoms with Crippen LogP contribution in [0.25, 0.3) is 10.9 Å². The molecule has 0 bridgehead atoms. The van der Waals surface area contributed by atoms with E-state index in [0.29, 0.717) is 31.5 Å². The zero-order chi connectivity index (χ0) is 27.2. The number of nitrogens with two attached hydrogens (primary N) is 1. The van der Waals surface area contributed by atoms with E-state index in [4.69, 9.17) is 5.73 Å². The molecule has 5 N–H and O–H groups in total. The number of benzene rings is 2. The Kier molecular flexibility index (Phi) is 10.3. The van der Waals surface area contributed by atoms with E-state index in [9.17, 15) is 21.6 Å². The molecule has 1 saturated carbocycles.